The lowest BCUT2D eigenvalue weighted by Gasteiger charge is -2.17. The van der Waals surface area contributed by atoms with Gasteiger partial charge in [-0.3, -0.25) is 14.9 Å². The first-order chi connectivity index (χ1) is 11.9. The molecule has 0 fully saturated rings. The molecule has 0 aliphatic heterocycles. The first-order valence-corrected chi connectivity index (χ1v) is 7.65. The molecule has 1 amide bonds. The van der Waals surface area contributed by atoms with E-state index < -0.39 is 4.92 Å². The molecular formula is C18H20N2O5. The zero-order chi connectivity index (χ0) is 18.4. The summed E-state index contributed by atoms with van der Waals surface area (Å²) in [7, 11) is 3.24. The highest BCUT2D eigenvalue weighted by Crippen LogP contribution is 2.27. The van der Waals surface area contributed by atoms with Gasteiger partial charge in [-0.15, -0.1) is 0 Å². The Kier molecular flexibility index (Phi) is 5.94. The average Bonchev–Trinajstić information content (AvgIpc) is 2.60. The zero-order valence-corrected chi connectivity index (χ0v) is 14.4. The van der Waals surface area contributed by atoms with Crippen molar-refractivity contribution in [2.45, 2.75) is 13.5 Å². The van der Waals surface area contributed by atoms with E-state index in [1.54, 1.807) is 27.1 Å². The van der Waals surface area contributed by atoms with Crippen molar-refractivity contribution in [3.8, 4) is 11.5 Å². The van der Waals surface area contributed by atoms with Crippen LogP contribution in [0.2, 0.25) is 0 Å². The Morgan fingerprint density at radius 1 is 1.20 bits per heavy atom. The predicted octanol–water partition coefficient (Wildman–Crippen LogP) is 2.95. The minimum atomic E-state index is -0.520. The number of hydrogen-bond acceptors (Lipinski definition) is 5. The van der Waals surface area contributed by atoms with Crippen LogP contribution in [0.5, 0.6) is 11.5 Å². The number of methoxy groups -OCH3 is 1. The van der Waals surface area contributed by atoms with Crippen LogP contribution in [0.25, 0.3) is 0 Å². The number of aryl methyl sites for hydroxylation is 1. The lowest BCUT2D eigenvalue weighted by Crippen LogP contribution is -2.31. The first-order valence-electron chi connectivity index (χ1n) is 7.65. The molecule has 0 aliphatic rings. The summed E-state index contributed by atoms with van der Waals surface area (Å²) >= 11 is 0. The molecule has 0 aromatic heterocycles. The second kappa shape index (κ2) is 8.14. The highest BCUT2D eigenvalue weighted by Gasteiger charge is 2.17. The van der Waals surface area contributed by atoms with Gasteiger partial charge >= 0.3 is 5.69 Å². The number of nitro groups is 1. The summed E-state index contributed by atoms with van der Waals surface area (Å²) in [6.07, 6.45) is 0. The first kappa shape index (κ1) is 18.3. The van der Waals surface area contributed by atoms with Crippen LogP contribution < -0.4 is 9.47 Å². The maximum absolute atomic E-state index is 12.2. The minimum Gasteiger partial charge on any atom is -0.497 e. The van der Waals surface area contributed by atoms with Gasteiger partial charge in [-0.25, -0.2) is 0 Å². The van der Waals surface area contributed by atoms with E-state index in [4.69, 9.17) is 9.47 Å². The Labute approximate surface area is 145 Å². The Hall–Kier alpha value is -3.09. The SMILES string of the molecule is COc1ccc(CN(C)C(=O)COc2ccc(C)cc2[N+](=O)[O-])cc1. The number of rotatable bonds is 7. The van der Waals surface area contributed by atoms with Crippen molar-refractivity contribution in [2.24, 2.45) is 0 Å². The third kappa shape index (κ3) is 4.94. The quantitative estimate of drug-likeness (QED) is 0.570. The zero-order valence-electron chi connectivity index (χ0n) is 14.4. The van der Waals surface area contributed by atoms with Gasteiger partial charge in [-0.1, -0.05) is 18.2 Å². The van der Waals surface area contributed by atoms with Crippen LogP contribution in [-0.2, 0) is 11.3 Å². The molecule has 0 saturated heterocycles. The Balaban J connectivity index is 1.96. The van der Waals surface area contributed by atoms with E-state index in [0.29, 0.717) is 6.54 Å². The van der Waals surface area contributed by atoms with Crippen molar-refractivity contribution in [1.29, 1.82) is 0 Å². The molecule has 132 valence electrons. The molecule has 2 aromatic rings. The van der Waals surface area contributed by atoms with E-state index >= 15 is 0 Å². The maximum Gasteiger partial charge on any atom is 0.311 e. The van der Waals surface area contributed by atoms with Crippen LogP contribution in [0.4, 0.5) is 5.69 Å². The lowest BCUT2D eigenvalue weighted by atomic mass is 10.2. The molecule has 0 saturated carbocycles. The van der Waals surface area contributed by atoms with Crippen molar-refractivity contribution in [3.05, 3.63) is 63.7 Å². The van der Waals surface area contributed by atoms with Gasteiger partial charge in [0.05, 0.1) is 12.0 Å². The monoisotopic (exact) mass is 344 g/mol. The van der Waals surface area contributed by atoms with Gasteiger partial charge in [-0.05, 0) is 36.2 Å². The fourth-order valence-electron chi connectivity index (χ4n) is 2.23. The Bertz CT molecular complexity index is 759. The molecule has 0 N–H and O–H groups in total. The van der Waals surface area contributed by atoms with Crippen molar-refractivity contribution in [1.82, 2.24) is 4.90 Å². The molecule has 0 bridgehead atoms. The van der Waals surface area contributed by atoms with Crippen molar-refractivity contribution < 1.29 is 19.2 Å². The van der Waals surface area contributed by atoms with Gasteiger partial charge in [0.1, 0.15) is 5.75 Å². The van der Waals surface area contributed by atoms with E-state index in [-0.39, 0.29) is 24.0 Å². The van der Waals surface area contributed by atoms with Gasteiger partial charge in [0.15, 0.2) is 12.4 Å². The normalized spacial score (nSPS) is 10.2. The van der Waals surface area contributed by atoms with Crippen LogP contribution >= 0.6 is 0 Å². The summed E-state index contributed by atoms with van der Waals surface area (Å²) in [6.45, 7) is 1.89. The fourth-order valence-corrected chi connectivity index (χ4v) is 2.23. The molecule has 25 heavy (non-hydrogen) atoms. The van der Waals surface area contributed by atoms with E-state index in [1.165, 1.54) is 17.0 Å². The molecule has 0 radical (unpaired) electrons. The second-order valence-electron chi connectivity index (χ2n) is 5.61. The van der Waals surface area contributed by atoms with Crippen molar-refractivity contribution in [3.63, 3.8) is 0 Å². The number of nitro benzene ring substituents is 1. The minimum absolute atomic E-state index is 0.0850. The fraction of sp³-hybridized carbons (Fsp3) is 0.278. The van der Waals surface area contributed by atoms with E-state index in [2.05, 4.69) is 0 Å². The lowest BCUT2D eigenvalue weighted by molar-refractivity contribution is -0.385. The van der Waals surface area contributed by atoms with E-state index in [0.717, 1.165) is 16.9 Å². The molecule has 0 unspecified atom stereocenters. The number of benzene rings is 2. The van der Waals surface area contributed by atoms with Crippen LogP contribution in [-0.4, -0.2) is 36.5 Å². The Morgan fingerprint density at radius 3 is 2.48 bits per heavy atom. The highest BCUT2D eigenvalue weighted by atomic mass is 16.6. The smallest absolute Gasteiger partial charge is 0.311 e. The summed E-state index contributed by atoms with van der Waals surface area (Å²) in [6, 6.07) is 12.0. The second-order valence-corrected chi connectivity index (χ2v) is 5.61. The summed E-state index contributed by atoms with van der Waals surface area (Å²) in [5.41, 5.74) is 1.55. The van der Waals surface area contributed by atoms with Gasteiger partial charge in [0, 0.05) is 19.7 Å². The predicted molar refractivity (Wildman–Crippen MR) is 92.8 cm³/mol. The number of amides is 1. The van der Waals surface area contributed by atoms with Crippen molar-refractivity contribution in [2.75, 3.05) is 20.8 Å². The highest BCUT2D eigenvalue weighted by molar-refractivity contribution is 5.77. The third-order valence-electron chi connectivity index (χ3n) is 3.67. The van der Waals surface area contributed by atoms with Crippen LogP contribution in [0.15, 0.2) is 42.5 Å². The van der Waals surface area contributed by atoms with E-state index in [9.17, 15) is 14.9 Å². The van der Waals surface area contributed by atoms with Crippen molar-refractivity contribution >= 4 is 11.6 Å². The summed E-state index contributed by atoms with van der Waals surface area (Å²) in [4.78, 5) is 24.2. The summed E-state index contributed by atoms with van der Waals surface area (Å²) < 4.78 is 10.5. The molecule has 0 spiro atoms. The number of ether oxygens (including phenoxy) is 2. The molecule has 0 aliphatic carbocycles. The molecule has 7 nitrogen and oxygen atoms in total. The number of hydrogen-bond donors (Lipinski definition) is 0. The number of carbonyl (C=O) groups is 1. The van der Waals surface area contributed by atoms with Gasteiger partial charge in [-0.2, -0.15) is 0 Å². The number of carbonyl (C=O) groups excluding carboxylic acids is 1. The maximum atomic E-state index is 12.2. The molecule has 0 atom stereocenters. The van der Waals surface area contributed by atoms with Crippen LogP contribution in [0.3, 0.4) is 0 Å². The Morgan fingerprint density at radius 2 is 1.88 bits per heavy atom. The largest absolute Gasteiger partial charge is 0.497 e. The standard InChI is InChI=1S/C18H20N2O5/c1-13-4-9-17(16(10-13)20(22)23)25-12-18(21)19(2)11-14-5-7-15(24-3)8-6-14/h4-10H,11-12H2,1-3H3. The average molecular weight is 344 g/mol. The van der Waals surface area contributed by atoms with Crippen LogP contribution in [0.1, 0.15) is 11.1 Å². The molecule has 2 rings (SSSR count). The third-order valence-corrected chi connectivity index (χ3v) is 3.67. The number of nitrogens with zero attached hydrogens (tertiary/aromatic N) is 2. The summed E-state index contributed by atoms with van der Waals surface area (Å²) in [5.74, 6) is 0.556. The topological polar surface area (TPSA) is 81.9 Å². The summed E-state index contributed by atoms with van der Waals surface area (Å²) in [5, 5.41) is 11.1. The molecular weight excluding hydrogens is 324 g/mol. The van der Waals surface area contributed by atoms with Gasteiger partial charge < -0.3 is 14.4 Å². The molecule has 2 aromatic carbocycles. The van der Waals surface area contributed by atoms with Gasteiger partial charge in [0.2, 0.25) is 0 Å². The van der Waals surface area contributed by atoms with Crippen LogP contribution in [0, 0.1) is 17.0 Å². The number of likely N-dealkylation sites (N-methyl/N-ethyl adjacent to an activating group) is 1. The molecule has 0 heterocycles. The van der Waals surface area contributed by atoms with Gasteiger partial charge in [0.25, 0.3) is 5.91 Å². The van der Waals surface area contributed by atoms with E-state index in [1.807, 2.05) is 24.3 Å². The molecule has 7 heteroatoms.